The van der Waals surface area contributed by atoms with Gasteiger partial charge < -0.3 is 9.47 Å². The van der Waals surface area contributed by atoms with E-state index in [9.17, 15) is 9.59 Å². The topological polar surface area (TPSA) is 52.6 Å². The third kappa shape index (κ3) is 2.39. The summed E-state index contributed by atoms with van der Waals surface area (Å²) in [5, 5.41) is 0. The molecule has 1 aliphatic carbocycles. The largest absolute Gasteiger partial charge is 0.349 e. The standard InChI is InChI=1S/C10H16O4/c1-10(4-5-10)8(12)6-7(11)9(13-2)14-3/h9H,4-6H2,1-3H3. The molecule has 0 heterocycles. The Bertz CT molecular complexity index is 239. The summed E-state index contributed by atoms with van der Waals surface area (Å²) in [6.45, 7) is 1.89. The number of carbonyl (C=O) groups is 2. The Morgan fingerprint density at radius 2 is 1.79 bits per heavy atom. The van der Waals surface area contributed by atoms with E-state index in [2.05, 4.69) is 0 Å². The molecule has 0 bridgehead atoms. The van der Waals surface area contributed by atoms with Crippen LogP contribution in [0.3, 0.4) is 0 Å². The number of methoxy groups -OCH3 is 2. The van der Waals surface area contributed by atoms with Crippen molar-refractivity contribution in [2.24, 2.45) is 5.41 Å². The van der Waals surface area contributed by atoms with E-state index in [-0.39, 0.29) is 23.4 Å². The second-order valence-electron chi connectivity index (χ2n) is 3.93. The van der Waals surface area contributed by atoms with Crippen molar-refractivity contribution in [3.05, 3.63) is 0 Å². The highest BCUT2D eigenvalue weighted by Gasteiger charge is 2.45. The number of Topliss-reactive ketones (excluding diaryl/α,β-unsaturated/α-hetero) is 2. The minimum atomic E-state index is -0.902. The molecule has 0 aliphatic heterocycles. The van der Waals surface area contributed by atoms with E-state index in [1.165, 1.54) is 14.2 Å². The van der Waals surface area contributed by atoms with Gasteiger partial charge >= 0.3 is 0 Å². The lowest BCUT2D eigenvalue weighted by molar-refractivity contribution is -0.158. The van der Waals surface area contributed by atoms with Crippen LogP contribution in [0.2, 0.25) is 0 Å². The second kappa shape index (κ2) is 4.19. The van der Waals surface area contributed by atoms with Gasteiger partial charge in [-0.15, -0.1) is 0 Å². The highest BCUT2D eigenvalue weighted by Crippen LogP contribution is 2.46. The lowest BCUT2D eigenvalue weighted by Crippen LogP contribution is -2.29. The van der Waals surface area contributed by atoms with E-state index in [4.69, 9.17) is 9.47 Å². The summed E-state index contributed by atoms with van der Waals surface area (Å²) in [5.74, 6) is -0.297. The van der Waals surface area contributed by atoms with Crippen LogP contribution >= 0.6 is 0 Å². The van der Waals surface area contributed by atoms with Crippen LogP contribution in [0.5, 0.6) is 0 Å². The molecular weight excluding hydrogens is 184 g/mol. The zero-order valence-electron chi connectivity index (χ0n) is 8.83. The molecule has 1 saturated carbocycles. The van der Waals surface area contributed by atoms with E-state index >= 15 is 0 Å². The molecule has 0 unspecified atom stereocenters. The first-order chi connectivity index (χ1) is 6.53. The maximum atomic E-state index is 11.5. The SMILES string of the molecule is COC(OC)C(=O)CC(=O)C1(C)CC1. The van der Waals surface area contributed by atoms with Crippen molar-refractivity contribution in [2.75, 3.05) is 14.2 Å². The van der Waals surface area contributed by atoms with Crippen LogP contribution in [0.1, 0.15) is 26.2 Å². The number of ketones is 2. The molecule has 0 aromatic rings. The molecule has 0 N–H and O–H groups in total. The lowest BCUT2D eigenvalue weighted by Gasteiger charge is -2.12. The fourth-order valence-corrected chi connectivity index (χ4v) is 1.28. The Kier molecular flexibility index (Phi) is 3.39. The molecule has 0 atom stereocenters. The van der Waals surface area contributed by atoms with Gasteiger partial charge in [0.15, 0.2) is 5.78 Å². The molecule has 4 nitrogen and oxygen atoms in total. The molecule has 1 aliphatic rings. The van der Waals surface area contributed by atoms with Crippen LogP contribution in [-0.2, 0) is 19.1 Å². The normalized spacial score (nSPS) is 18.3. The zero-order chi connectivity index (χ0) is 10.8. The highest BCUT2D eigenvalue weighted by molar-refractivity contribution is 6.03. The minimum absolute atomic E-state index is 0.00148. The summed E-state index contributed by atoms with van der Waals surface area (Å²) in [6.07, 6.45) is 0.803. The summed E-state index contributed by atoms with van der Waals surface area (Å²) in [7, 11) is 2.77. The lowest BCUT2D eigenvalue weighted by atomic mass is 9.99. The highest BCUT2D eigenvalue weighted by atomic mass is 16.7. The second-order valence-corrected chi connectivity index (χ2v) is 3.93. The van der Waals surface area contributed by atoms with Gasteiger partial charge in [-0.3, -0.25) is 9.59 Å². The van der Waals surface area contributed by atoms with Crippen molar-refractivity contribution in [1.29, 1.82) is 0 Å². The third-order valence-electron chi connectivity index (χ3n) is 2.70. The van der Waals surface area contributed by atoms with Crippen LogP contribution in [0.4, 0.5) is 0 Å². The Morgan fingerprint density at radius 3 is 2.14 bits per heavy atom. The van der Waals surface area contributed by atoms with Crippen molar-refractivity contribution < 1.29 is 19.1 Å². The van der Waals surface area contributed by atoms with E-state index < -0.39 is 6.29 Å². The maximum Gasteiger partial charge on any atom is 0.217 e. The van der Waals surface area contributed by atoms with E-state index in [1.807, 2.05) is 6.92 Å². The van der Waals surface area contributed by atoms with E-state index in [0.29, 0.717) is 0 Å². The van der Waals surface area contributed by atoms with Crippen molar-refractivity contribution in [2.45, 2.75) is 32.5 Å². The predicted molar refractivity (Wildman–Crippen MR) is 49.8 cm³/mol. The van der Waals surface area contributed by atoms with Gasteiger partial charge in [-0.05, 0) is 12.8 Å². The number of hydrogen-bond acceptors (Lipinski definition) is 4. The maximum absolute atomic E-state index is 11.5. The first-order valence-electron chi connectivity index (χ1n) is 4.65. The summed E-state index contributed by atoms with van der Waals surface area (Å²) < 4.78 is 9.54. The molecule has 1 fully saturated rings. The molecule has 0 spiro atoms. The summed E-state index contributed by atoms with van der Waals surface area (Å²) >= 11 is 0. The van der Waals surface area contributed by atoms with Crippen molar-refractivity contribution >= 4 is 11.6 Å². The first-order valence-corrected chi connectivity index (χ1v) is 4.65. The van der Waals surface area contributed by atoms with Gasteiger partial charge in [-0.2, -0.15) is 0 Å². The molecule has 0 aromatic heterocycles. The van der Waals surface area contributed by atoms with E-state index in [1.54, 1.807) is 0 Å². The van der Waals surface area contributed by atoms with E-state index in [0.717, 1.165) is 12.8 Å². The van der Waals surface area contributed by atoms with Crippen LogP contribution < -0.4 is 0 Å². The molecule has 14 heavy (non-hydrogen) atoms. The van der Waals surface area contributed by atoms with Gasteiger partial charge in [0.05, 0.1) is 6.42 Å². The van der Waals surface area contributed by atoms with Gasteiger partial charge in [-0.25, -0.2) is 0 Å². The molecule has 0 radical (unpaired) electrons. The Morgan fingerprint density at radius 1 is 1.29 bits per heavy atom. The Balaban J connectivity index is 2.43. The third-order valence-corrected chi connectivity index (χ3v) is 2.70. The summed E-state index contributed by atoms with van der Waals surface area (Å²) in [6, 6.07) is 0. The van der Waals surface area contributed by atoms with Crippen LogP contribution in [0.15, 0.2) is 0 Å². The molecule has 80 valence electrons. The molecule has 0 amide bonds. The average Bonchev–Trinajstić information content (AvgIpc) is 2.87. The van der Waals surface area contributed by atoms with Crippen LogP contribution in [0, 0.1) is 5.41 Å². The summed E-state index contributed by atoms with van der Waals surface area (Å²) in [5.41, 5.74) is -0.248. The monoisotopic (exact) mass is 200 g/mol. The zero-order valence-corrected chi connectivity index (χ0v) is 8.83. The van der Waals surface area contributed by atoms with Crippen LogP contribution in [0.25, 0.3) is 0 Å². The Labute approximate surface area is 83.6 Å². The minimum Gasteiger partial charge on any atom is -0.349 e. The van der Waals surface area contributed by atoms with Crippen LogP contribution in [-0.4, -0.2) is 32.1 Å². The number of carbonyl (C=O) groups excluding carboxylic acids is 2. The summed E-state index contributed by atoms with van der Waals surface area (Å²) in [4.78, 5) is 23.0. The fourth-order valence-electron chi connectivity index (χ4n) is 1.28. The quantitative estimate of drug-likeness (QED) is 0.473. The molecule has 1 rings (SSSR count). The van der Waals surface area contributed by atoms with Crippen molar-refractivity contribution in [3.8, 4) is 0 Å². The smallest absolute Gasteiger partial charge is 0.217 e. The van der Waals surface area contributed by atoms with Crippen molar-refractivity contribution in [1.82, 2.24) is 0 Å². The van der Waals surface area contributed by atoms with Gasteiger partial charge in [0.25, 0.3) is 0 Å². The van der Waals surface area contributed by atoms with Crippen molar-refractivity contribution in [3.63, 3.8) is 0 Å². The predicted octanol–water partition coefficient (Wildman–Crippen LogP) is 0.934. The van der Waals surface area contributed by atoms with Gasteiger partial charge in [0.2, 0.25) is 6.29 Å². The molecule has 0 saturated heterocycles. The molecule has 4 heteroatoms. The van der Waals surface area contributed by atoms with Gasteiger partial charge in [0.1, 0.15) is 5.78 Å². The Hall–Kier alpha value is -0.740. The fraction of sp³-hybridized carbons (Fsp3) is 0.800. The number of hydrogen-bond donors (Lipinski definition) is 0. The number of rotatable bonds is 6. The number of ether oxygens (including phenoxy) is 2. The molecule has 0 aromatic carbocycles. The first kappa shape index (κ1) is 11.3. The van der Waals surface area contributed by atoms with Gasteiger partial charge in [0, 0.05) is 19.6 Å². The average molecular weight is 200 g/mol. The molecular formula is C10H16O4. The van der Waals surface area contributed by atoms with Gasteiger partial charge in [-0.1, -0.05) is 6.92 Å².